The maximum absolute atomic E-state index is 11.9. The van der Waals surface area contributed by atoms with Gasteiger partial charge in [-0.3, -0.25) is 19.3 Å². The van der Waals surface area contributed by atoms with Crippen LogP contribution in [0, 0.1) is 0 Å². The molecule has 2 heterocycles. The van der Waals surface area contributed by atoms with Crippen LogP contribution < -0.4 is 14.8 Å². The van der Waals surface area contributed by atoms with E-state index < -0.39 is 42.4 Å². The van der Waals surface area contributed by atoms with Crippen LogP contribution in [0.25, 0.3) is 0 Å². The Morgan fingerprint density at radius 3 is 2.53 bits per heavy atom. The van der Waals surface area contributed by atoms with E-state index in [9.17, 15) is 34.5 Å². The van der Waals surface area contributed by atoms with E-state index in [2.05, 4.69) is 5.32 Å². The summed E-state index contributed by atoms with van der Waals surface area (Å²) in [5.74, 6) is -2.12. The third kappa shape index (κ3) is 7.97. The standard InChI is InChI=1S/C24H30N2O12/c27-13-14-1-2-15(37-24-22(32)16(28)12-18(38-24)23(33)34)11-17(14)36-10-9-35-8-6-25-19(29)5-7-26-20(30)3-4-21(26)31/h1-4,11,16,18,22,24,27-28,32H,5-10,12-13H2,(H,25,29)(H,33,34)/t16?,18?,22-,24?/m1/s1. The molecule has 0 aliphatic carbocycles. The SMILES string of the molecule is O=C(CCN1C(=O)C=CC1=O)NCCOCCOc1cc(OC2OC(C(=O)O)CC(O)[C@H]2O)ccc1CO. The number of hydrogen-bond donors (Lipinski definition) is 5. The molecule has 14 heteroatoms. The fraction of sp³-hybridized carbons (Fsp3) is 0.500. The lowest BCUT2D eigenvalue weighted by molar-refractivity contribution is -0.238. The molecule has 0 saturated carbocycles. The number of carboxylic acids is 1. The number of aliphatic hydroxyl groups excluding tert-OH is 3. The van der Waals surface area contributed by atoms with Gasteiger partial charge >= 0.3 is 5.97 Å². The van der Waals surface area contributed by atoms with Gasteiger partial charge in [-0.15, -0.1) is 0 Å². The summed E-state index contributed by atoms with van der Waals surface area (Å²) < 4.78 is 21.8. The van der Waals surface area contributed by atoms with E-state index in [4.69, 9.17) is 24.1 Å². The molecule has 0 spiro atoms. The third-order valence-electron chi connectivity index (χ3n) is 5.68. The topological polar surface area (TPSA) is 201 Å². The number of carbonyl (C=O) groups is 4. The Morgan fingerprint density at radius 2 is 1.84 bits per heavy atom. The van der Waals surface area contributed by atoms with Crippen molar-refractivity contribution in [1.29, 1.82) is 0 Å². The summed E-state index contributed by atoms with van der Waals surface area (Å²) in [5.41, 5.74) is 0.434. The summed E-state index contributed by atoms with van der Waals surface area (Å²) in [5, 5.41) is 41.3. The fourth-order valence-electron chi connectivity index (χ4n) is 3.63. The van der Waals surface area contributed by atoms with Crippen LogP contribution in [0.3, 0.4) is 0 Å². The van der Waals surface area contributed by atoms with Gasteiger partial charge in [-0.1, -0.05) is 0 Å². The number of nitrogens with one attached hydrogen (secondary N) is 1. The Morgan fingerprint density at radius 1 is 1.11 bits per heavy atom. The maximum Gasteiger partial charge on any atom is 0.333 e. The van der Waals surface area contributed by atoms with Crippen molar-refractivity contribution >= 4 is 23.7 Å². The number of imide groups is 1. The van der Waals surface area contributed by atoms with E-state index in [1.165, 1.54) is 18.2 Å². The van der Waals surface area contributed by atoms with Gasteiger partial charge in [-0.2, -0.15) is 0 Å². The summed E-state index contributed by atoms with van der Waals surface area (Å²) >= 11 is 0. The molecule has 4 atom stereocenters. The Kier molecular flexibility index (Phi) is 10.6. The number of carboxylic acid groups (broad SMARTS) is 1. The Labute approximate surface area is 217 Å². The first-order valence-electron chi connectivity index (χ1n) is 11.8. The van der Waals surface area contributed by atoms with E-state index in [1.807, 2.05) is 0 Å². The van der Waals surface area contributed by atoms with Gasteiger partial charge < -0.3 is 44.7 Å². The molecule has 208 valence electrons. The van der Waals surface area contributed by atoms with Crippen molar-refractivity contribution in [3.63, 3.8) is 0 Å². The summed E-state index contributed by atoms with van der Waals surface area (Å²) in [7, 11) is 0. The van der Waals surface area contributed by atoms with Gasteiger partial charge in [-0.25, -0.2) is 4.79 Å². The number of hydrogen-bond acceptors (Lipinski definition) is 11. The molecule has 3 amide bonds. The predicted molar refractivity (Wildman–Crippen MR) is 126 cm³/mol. The Bertz CT molecular complexity index is 1030. The number of rotatable bonds is 14. The minimum atomic E-state index is -1.47. The minimum absolute atomic E-state index is 0.00623. The van der Waals surface area contributed by atoms with Crippen molar-refractivity contribution in [3.05, 3.63) is 35.9 Å². The predicted octanol–water partition coefficient (Wildman–Crippen LogP) is -1.69. The van der Waals surface area contributed by atoms with Gasteiger partial charge in [0.1, 0.15) is 24.2 Å². The molecule has 3 rings (SSSR count). The number of nitrogens with zero attached hydrogens (tertiary/aromatic N) is 1. The third-order valence-corrected chi connectivity index (χ3v) is 5.68. The number of amides is 3. The summed E-state index contributed by atoms with van der Waals surface area (Å²) in [6.07, 6.45) is -3.59. The summed E-state index contributed by atoms with van der Waals surface area (Å²) in [6.45, 7) is 0.267. The highest BCUT2D eigenvalue weighted by Crippen LogP contribution is 2.29. The lowest BCUT2D eigenvalue weighted by Crippen LogP contribution is -2.52. The van der Waals surface area contributed by atoms with Gasteiger partial charge in [-0.05, 0) is 12.1 Å². The number of carbonyl (C=O) groups excluding carboxylic acids is 3. The molecule has 2 aliphatic heterocycles. The van der Waals surface area contributed by atoms with E-state index in [0.29, 0.717) is 5.56 Å². The lowest BCUT2D eigenvalue weighted by atomic mass is 10.0. The Balaban J connectivity index is 1.38. The molecular formula is C24H30N2O12. The molecular weight excluding hydrogens is 508 g/mol. The zero-order valence-corrected chi connectivity index (χ0v) is 20.4. The molecule has 2 aliphatic rings. The van der Waals surface area contributed by atoms with Crippen LogP contribution in [-0.4, -0.2) is 107 Å². The lowest BCUT2D eigenvalue weighted by Gasteiger charge is -2.35. The van der Waals surface area contributed by atoms with E-state index in [1.54, 1.807) is 0 Å². The molecule has 1 saturated heterocycles. The maximum atomic E-state index is 11.9. The average Bonchev–Trinajstić information content (AvgIpc) is 3.21. The van der Waals surface area contributed by atoms with Crippen LogP contribution in [0.5, 0.6) is 11.5 Å². The monoisotopic (exact) mass is 538 g/mol. The zero-order valence-electron chi connectivity index (χ0n) is 20.4. The molecule has 0 bridgehead atoms. The average molecular weight is 539 g/mol. The van der Waals surface area contributed by atoms with Gasteiger partial charge in [0.15, 0.2) is 6.10 Å². The molecule has 1 fully saturated rings. The molecule has 3 unspecified atom stereocenters. The van der Waals surface area contributed by atoms with E-state index in [0.717, 1.165) is 17.1 Å². The van der Waals surface area contributed by atoms with Gasteiger partial charge in [0.05, 0.1) is 25.9 Å². The van der Waals surface area contributed by atoms with Crippen LogP contribution in [0.2, 0.25) is 0 Å². The van der Waals surface area contributed by atoms with E-state index in [-0.39, 0.29) is 69.8 Å². The van der Waals surface area contributed by atoms with Crippen LogP contribution in [-0.2, 0) is 35.3 Å². The molecule has 14 nitrogen and oxygen atoms in total. The highest BCUT2D eigenvalue weighted by Gasteiger charge is 2.41. The minimum Gasteiger partial charge on any atom is -0.491 e. The molecule has 0 aromatic heterocycles. The largest absolute Gasteiger partial charge is 0.491 e. The second-order valence-corrected chi connectivity index (χ2v) is 8.39. The number of aliphatic hydroxyl groups is 3. The molecule has 0 radical (unpaired) electrons. The molecule has 5 N–H and O–H groups in total. The number of benzene rings is 1. The van der Waals surface area contributed by atoms with Crippen molar-refractivity contribution in [2.75, 3.05) is 32.9 Å². The summed E-state index contributed by atoms with van der Waals surface area (Å²) in [4.78, 5) is 47.0. The number of ether oxygens (including phenoxy) is 4. The quantitative estimate of drug-likeness (QED) is 0.133. The van der Waals surface area contributed by atoms with E-state index >= 15 is 0 Å². The first-order chi connectivity index (χ1) is 18.2. The van der Waals surface area contributed by atoms with Crippen molar-refractivity contribution in [2.45, 2.75) is 44.1 Å². The molecule has 1 aromatic carbocycles. The first kappa shape index (κ1) is 29.0. The van der Waals surface area contributed by atoms with Crippen molar-refractivity contribution < 1.29 is 58.6 Å². The van der Waals surface area contributed by atoms with Crippen LogP contribution in [0.1, 0.15) is 18.4 Å². The van der Waals surface area contributed by atoms with Crippen LogP contribution in [0.15, 0.2) is 30.4 Å². The van der Waals surface area contributed by atoms with Crippen molar-refractivity contribution in [2.24, 2.45) is 0 Å². The normalized spacial score (nSPS) is 23.0. The fourth-order valence-corrected chi connectivity index (χ4v) is 3.63. The highest BCUT2D eigenvalue weighted by atomic mass is 16.7. The molecule has 1 aromatic rings. The highest BCUT2D eigenvalue weighted by molar-refractivity contribution is 6.13. The van der Waals surface area contributed by atoms with Gasteiger partial charge in [0.25, 0.3) is 11.8 Å². The van der Waals surface area contributed by atoms with Crippen LogP contribution in [0.4, 0.5) is 0 Å². The zero-order chi connectivity index (χ0) is 27.7. The van der Waals surface area contributed by atoms with Crippen LogP contribution >= 0.6 is 0 Å². The molecule has 38 heavy (non-hydrogen) atoms. The second kappa shape index (κ2) is 13.8. The smallest absolute Gasteiger partial charge is 0.333 e. The summed E-state index contributed by atoms with van der Waals surface area (Å²) in [6, 6.07) is 4.40. The second-order valence-electron chi connectivity index (χ2n) is 8.39. The Hall–Kier alpha value is -3.56. The van der Waals surface area contributed by atoms with Gasteiger partial charge in [0.2, 0.25) is 12.2 Å². The first-order valence-corrected chi connectivity index (χ1v) is 11.8. The van der Waals surface area contributed by atoms with Gasteiger partial charge in [0, 0.05) is 49.7 Å². The van der Waals surface area contributed by atoms with Crippen molar-refractivity contribution in [3.8, 4) is 11.5 Å². The van der Waals surface area contributed by atoms with Crippen molar-refractivity contribution in [1.82, 2.24) is 10.2 Å². The number of aliphatic carboxylic acids is 1.